The molecular formula is C38H80O12Si. The van der Waals surface area contributed by atoms with E-state index in [-0.39, 0.29) is 0 Å². The zero-order valence-electron chi connectivity index (χ0n) is 33.4. The first-order chi connectivity index (χ1) is 25.1. The van der Waals surface area contributed by atoms with E-state index in [1.165, 1.54) is 64.2 Å². The maximum Gasteiger partial charge on any atom is 0.183 e. The van der Waals surface area contributed by atoms with Crippen LogP contribution in [-0.4, -0.2) is 160 Å². The summed E-state index contributed by atoms with van der Waals surface area (Å²) in [7, 11) is -1.45. The molecule has 0 aliphatic heterocycles. The molecule has 0 heterocycles. The normalized spacial score (nSPS) is 12.0. The smallest absolute Gasteiger partial charge is 0.183 e. The number of rotatable bonds is 46. The van der Waals surface area contributed by atoms with Gasteiger partial charge in [-0.25, -0.2) is 0 Å². The second-order valence-electron chi connectivity index (χ2n) is 13.2. The van der Waals surface area contributed by atoms with Crippen molar-refractivity contribution < 1.29 is 56.5 Å². The summed E-state index contributed by atoms with van der Waals surface area (Å²) in [5, 5.41) is 0. The molecule has 0 saturated carbocycles. The molecule has 0 aromatic carbocycles. The predicted molar refractivity (Wildman–Crippen MR) is 205 cm³/mol. The molecule has 0 aromatic rings. The van der Waals surface area contributed by atoms with E-state index in [1.54, 1.807) is 0 Å². The molecule has 0 amide bonds. The Labute approximate surface area is 313 Å². The summed E-state index contributed by atoms with van der Waals surface area (Å²) in [5.41, 5.74) is 0. The van der Waals surface area contributed by atoms with E-state index in [2.05, 4.69) is 26.6 Å². The van der Waals surface area contributed by atoms with Crippen molar-refractivity contribution in [2.24, 2.45) is 0 Å². The molecule has 0 aliphatic carbocycles. The quantitative estimate of drug-likeness (QED) is 0.0512. The van der Waals surface area contributed by atoms with Crippen molar-refractivity contribution >= 4 is 8.32 Å². The highest BCUT2D eigenvalue weighted by molar-refractivity contribution is 6.69. The van der Waals surface area contributed by atoms with E-state index in [1.807, 2.05) is 0 Å². The summed E-state index contributed by atoms with van der Waals surface area (Å²) in [5.74, 6) is 0. The fraction of sp³-hybridized carbons (Fsp3) is 1.00. The Morgan fingerprint density at radius 2 is 0.431 bits per heavy atom. The number of hydrogen-bond acceptors (Lipinski definition) is 12. The Bertz CT molecular complexity index is 630. The maximum atomic E-state index is 5.72. The van der Waals surface area contributed by atoms with Gasteiger partial charge < -0.3 is 56.5 Å². The Balaban J connectivity index is 3.06. The first-order valence-corrected chi connectivity index (χ1v) is 23.5. The van der Waals surface area contributed by atoms with Gasteiger partial charge in [0.15, 0.2) is 8.32 Å². The highest BCUT2D eigenvalue weighted by atomic mass is 28.4. The van der Waals surface area contributed by atoms with Crippen molar-refractivity contribution in [2.45, 2.75) is 97.2 Å². The van der Waals surface area contributed by atoms with Crippen LogP contribution < -0.4 is 0 Å². The van der Waals surface area contributed by atoms with Gasteiger partial charge in [0.1, 0.15) is 0 Å². The van der Waals surface area contributed by atoms with E-state index < -0.39 is 8.32 Å². The average molecular weight is 757 g/mol. The Kier molecular flexibility index (Phi) is 43.9. The molecule has 0 atom stereocenters. The Hall–Kier alpha value is -0.263. The average Bonchev–Trinajstić information content (AvgIpc) is 3.11. The third-order valence-corrected chi connectivity index (χ3v) is 8.45. The number of ether oxygens (including phenoxy) is 11. The third kappa shape index (κ3) is 49.7. The minimum absolute atomic E-state index is 0.521. The highest BCUT2D eigenvalue weighted by Gasteiger charge is 2.13. The van der Waals surface area contributed by atoms with Crippen LogP contribution in [0.1, 0.15) is 77.6 Å². The summed E-state index contributed by atoms with van der Waals surface area (Å²) in [6, 6.07) is 0. The second-order valence-corrected chi connectivity index (χ2v) is 17.7. The molecular weight excluding hydrogens is 676 g/mol. The van der Waals surface area contributed by atoms with E-state index in [9.17, 15) is 0 Å². The van der Waals surface area contributed by atoms with Gasteiger partial charge in [-0.2, -0.15) is 0 Å². The summed E-state index contributed by atoms with van der Waals surface area (Å²) < 4.78 is 66.5. The van der Waals surface area contributed by atoms with E-state index in [4.69, 9.17) is 56.5 Å². The van der Waals surface area contributed by atoms with Crippen molar-refractivity contribution in [1.29, 1.82) is 0 Å². The van der Waals surface area contributed by atoms with Crippen molar-refractivity contribution in [3.63, 3.8) is 0 Å². The first-order valence-electron chi connectivity index (χ1n) is 20.1. The number of hydrogen-bond donors (Lipinski definition) is 0. The van der Waals surface area contributed by atoms with Crippen molar-refractivity contribution in [3.8, 4) is 0 Å². The van der Waals surface area contributed by atoms with Gasteiger partial charge in [0, 0.05) is 6.61 Å². The molecule has 0 aliphatic rings. The van der Waals surface area contributed by atoms with Crippen LogP contribution in [-0.2, 0) is 56.5 Å². The van der Waals surface area contributed by atoms with Gasteiger partial charge in [0.05, 0.1) is 145 Å². The lowest BCUT2D eigenvalue weighted by molar-refractivity contribution is -0.0277. The van der Waals surface area contributed by atoms with Crippen LogP contribution in [0, 0.1) is 0 Å². The molecule has 0 fully saturated rings. The van der Waals surface area contributed by atoms with Crippen molar-refractivity contribution in [1.82, 2.24) is 0 Å². The zero-order valence-corrected chi connectivity index (χ0v) is 34.4. The zero-order chi connectivity index (χ0) is 37.0. The van der Waals surface area contributed by atoms with Crippen LogP contribution in [0.25, 0.3) is 0 Å². The molecule has 0 N–H and O–H groups in total. The van der Waals surface area contributed by atoms with Gasteiger partial charge in [0.25, 0.3) is 0 Å². The largest absolute Gasteiger partial charge is 0.415 e. The summed E-state index contributed by atoms with van der Waals surface area (Å²) in [6.07, 6.45) is 14.9. The lowest BCUT2D eigenvalue weighted by Crippen LogP contribution is -2.27. The molecule has 0 rings (SSSR count). The number of unbranched alkanes of at least 4 members (excludes halogenated alkanes) is 10. The maximum absolute atomic E-state index is 5.72. The van der Waals surface area contributed by atoms with Crippen LogP contribution in [0.3, 0.4) is 0 Å². The fourth-order valence-electron chi connectivity index (χ4n) is 4.58. The van der Waals surface area contributed by atoms with E-state index in [0.29, 0.717) is 145 Å². The summed E-state index contributed by atoms with van der Waals surface area (Å²) in [6.45, 7) is 21.8. The lowest BCUT2D eigenvalue weighted by Gasteiger charge is -2.16. The van der Waals surface area contributed by atoms with Crippen molar-refractivity contribution in [3.05, 3.63) is 0 Å². The van der Waals surface area contributed by atoms with Crippen LogP contribution in [0.5, 0.6) is 0 Å². The molecule has 308 valence electrons. The molecule has 51 heavy (non-hydrogen) atoms. The SMILES string of the molecule is CCCCCCCCCCCCCOCCOCCOCCOCCOCCOCCOCCOCCOCCOCCOCCO[Si](C)(C)C. The van der Waals surface area contributed by atoms with Gasteiger partial charge >= 0.3 is 0 Å². The topological polar surface area (TPSA) is 111 Å². The van der Waals surface area contributed by atoms with Gasteiger partial charge in [0.2, 0.25) is 0 Å². The lowest BCUT2D eigenvalue weighted by atomic mass is 10.1. The molecule has 0 unspecified atom stereocenters. The molecule has 0 saturated heterocycles. The monoisotopic (exact) mass is 757 g/mol. The highest BCUT2D eigenvalue weighted by Crippen LogP contribution is 2.11. The molecule has 12 nitrogen and oxygen atoms in total. The standard InChI is InChI=1S/C38H80O12Si/c1-5-6-7-8-9-10-11-12-13-14-15-16-39-17-18-40-19-20-41-21-22-42-23-24-43-25-26-44-27-28-45-29-30-46-31-32-47-33-34-48-35-36-49-37-38-50-51(2,3)4/h5-38H2,1-4H3. The van der Waals surface area contributed by atoms with Gasteiger partial charge in [-0.3, -0.25) is 0 Å². The first kappa shape index (κ1) is 50.7. The third-order valence-electron chi connectivity index (χ3n) is 7.38. The molecule has 0 bridgehead atoms. The molecule has 13 heteroatoms. The fourth-order valence-corrected chi connectivity index (χ4v) is 5.27. The van der Waals surface area contributed by atoms with E-state index in [0.717, 1.165) is 13.0 Å². The molecule has 0 spiro atoms. The van der Waals surface area contributed by atoms with Crippen LogP contribution in [0.2, 0.25) is 19.6 Å². The summed E-state index contributed by atoms with van der Waals surface area (Å²) >= 11 is 0. The summed E-state index contributed by atoms with van der Waals surface area (Å²) in [4.78, 5) is 0. The van der Waals surface area contributed by atoms with Crippen LogP contribution >= 0.6 is 0 Å². The van der Waals surface area contributed by atoms with Crippen LogP contribution in [0.4, 0.5) is 0 Å². The minimum atomic E-state index is -1.45. The van der Waals surface area contributed by atoms with Gasteiger partial charge in [-0.1, -0.05) is 71.1 Å². The molecule has 0 aromatic heterocycles. The van der Waals surface area contributed by atoms with Gasteiger partial charge in [-0.15, -0.1) is 0 Å². The van der Waals surface area contributed by atoms with E-state index >= 15 is 0 Å². The molecule has 0 radical (unpaired) electrons. The van der Waals surface area contributed by atoms with Gasteiger partial charge in [-0.05, 0) is 26.1 Å². The Morgan fingerprint density at radius 1 is 0.235 bits per heavy atom. The predicted octanol–water partition coefficient (Wildman–Crippen LogP) is 6.33. The van der Waals surface area contributed by atoms with Crippen molar-refractivity contribution in [2.75, 3.05) is 152 Å². The minimum Gasteiger partial charge on any atom is -0.415 e. The van der Waals surface area contributed by atoms with Crippen LogP contribution in [0.15, 0.2) is 0 Å². The Morgan fingerprint density at radius 3 is 0.667 bits per heavy atom. The second kappa shape index (κ2) is 44.1.